The Balaban J connectivity index is 2.33. The van der Waals surface area contributed by atoms with Crippen LogP contribution < -0.4 is 0 Å². The number of nitrogens with one attached hydrogen (secondary N) is 1. The maximum atomic E-state index is 10.8. The number of fused-ring (bicyclic) bond motifs is 3. The van der Waals surface area contributed by atoms with Gasteiger partial charge in [0, 0.05) is 26.8 Å². The van der Waals surface area contributed by atoms with Crippen LogP contribution in [0.1, 0.15) is 11.1 Å². The topological polar surface area (TPSA) is 53.1 Å². The molecule has 0 aliphatic carbocycles. The summed E-state index contributed by atoms with van der Waals surface area (Å²) in [6.45, 7) is 1.97. The van der Waals surface area contributed by atoms with Gasteiger partial charge in [0.15, 0.2) is 0 Å². The fourth-order valence-corrected chi connectivity index (χ4v) is 2.63. The molecule has 0 bridgehead atoms. The number of carboxylic acids is 1. The second-order valence-corrected chi connectivity index (χ2v) is 5.08. The summed E-state index contributed by atoms with van der Waals surface area (Å²) < 4.78 is 0. The van der Waals surface area contributed by atoms with Crippen molar-refractivity contribution in [3.05, 3.63) is 46.5 Å². The SMILES string of the molecule is Cc1c(Cl)ccc2[nH]c3ccc(CC(=O)O)cc3c12. The summed E-state index contributed by atoms with van der Waals surface area (Å²) in [5.74, 6) is -0.825. The van der Waals surface area contributed by atoms with E-state index >= 15 is 0 Å². The Labute approximate surface area is 114 Å². The Morgan fingerprint density at radius 1 is 1.26 bits per heavy atom. The predicted octanol–water partition coefficient (Wildman–Crippen LogP) is 3.91. The number of rotatable bonds is 2. The van der Waals surface area contributed by atoms with Crippen molar-refractivity contribution in [2.24, 2.45) is 0 Å². The zero-order chi connectivity index (χ0) is 13.6. The third-order valence-corrected chi connectivity index (χ3v) is 3.79. The van der Waals surface area contributed by atoms with Gasteiger partial charge < -0.3 is 10.1 Å². The molecule has 19 heavy (non-hydrogen) atoms. The van der Waals surface area contributed by atoms with Crippen molar-refractivity contribution in [1.82, 2.24) is 4.98 Å². The van der Waals surface area contributed by atoms with Crippen LogP contribution in [0.25, 0.3) is 21.8 Å². The smallest absolute Gasteiger partial charge is 0.307 e. The number of halogens is 1. The molecule has 2 N–H and O–H groups in total. The molecule has 1 aromatic heterocycles. The molecule has 0 aliphatic heterocycles. The summed E-state index contributed by atoms with van der Waals surface area (Å²) in [5, 5.41) is 11.7. The molecule has 96 valence electrons. The molecule has 1 heterocycles. The van der Waals surface area contributed by atoms with Crippen molar-refractivity contribution in [2.45, 2.75) is 13.3 Å². The lowest BCUT2D eigenvalue weighted by atomic mass is 10.0. The van der Waals surface area contributed by atoms with Crippen LogP contribution in [0.4, 0.5) is 0 Å². The van der Waals surface area contributed by atoms with Crippen LogP contribution >= 0.6 is 11.6 Å². The molecule has 0 saturated heterocycles. The minimum absolute atomic E-state index is 0.0300. The van der Waals surface area contributed by atoms with Gasteiger partial charge in [0.25, 0.3) is 0 Å². The summed E-state index contributed by atoms with van der Waals surface area (Å²) in [7, 11) is 0. The quantitative estimate of drug-likeness (QED) is 0.744. The lowest BCUT2D eigenvalue weighted by molar-refractivity contribution is -0.136. The van der Waals surface area contributed by atoms with Gasteiger partial charge in [0.05, 0.1) is 6.42 Å². The number of carboxylic acid groups (broad SMARTS) is 1. The van der Waals surface area contributed by atoms with E-state index in [9.17, 15) is 4.79 Å². The first-order valence-electron chi connectivity index (χ1n) is 5.97. The second-order valence-electron chi connectivity index (χ2n) is 4.67. The first-order chi connectivity index (χ1) is 9.06. The number of hydrogen-bond donors (Lipinski definition) is 2. The Hall–Kier alpha value is -2.00. The molecule has 3 rings (SSSR count). The summed E-state index contributed by atoms with van der Waals surface area (Å²) in [6.07, 6.45) is 0.0300. The average molecular weight is 274 g/mol. The minimum Gasteiger partial charge on any atom is -0.481 e. The van der Waals surface area contributed by atoms with E-state index in [4.69, 9.17) is 16.7 Å². The van der Waals surface area contributed by atoms with Gasteiger partial charge in [0.1, 0.15) is 0 Å². The standard InChI is InChI=1S/C15H12ClNO2/c1-8-11(16)3-5-13-15(8)10-6-9(7-14(18)19)2-4-12(10)17-13/h2-6,17H,7H2,1H3,(H,18,19). The zero-order valence-electron chi connectivity index (χ0n) is 10.3. The maximum Gasteiger partial charge on any atom is 0.307 e. The molecule has 0 saturated carbocycles. The molecular weight excluding hydrogens is 262 g/mol. The molecule has 0 radical (unpaired) electrons. The van der Waals surface area contributed by atoms with Gasteiger partial charge in [-0.3, -0.25) is 4.79 Å². The zero-order valence-corrected chi connectivity index (χ0v) is 11.1. The third-order valence-electron chi connectivity index (χ3n) is 3.38. The van der Waals surface area contributed by atoms with E-state index in [1.807, 2.05) is 37.3 Å². The molecular formula is C15H12ClNO2. The van der Waals surface area contributed by atoms with E-state index in [1.54, 1.807) is 0 Å². The normalized spacial score (nSPS) is 11.3. The average Bonchev–Trinajstić information content (AvgIpc) is 2.71. The lowest BCUT2D eigenvalue weighted by Gasteiger charge is -2.01. The molecule has 0 spiro atoms. The van der Waals surface area contributed by atoms with Gasteiger partial charge in [-0.2, -0.15) is 0 Å². The number of benzene rings is 2. The molecule has 3 aromatic rings. The predicted molar refractivity (Wildman–Crippen MR) is 76.9 cm³/mol. The second kappa shape index (κ2) is 4.28. The van der Waals surface area contributed by atoms with Crippen molar-refractivity contribution in [2.75, 3.05) is 0 Å². The highest BCUT2D eigenvalue weighted by Crippen LogP contribution is 2.32. The van der Waals surface area contributed by atoms with Crippen LogP contribution in [0.2, 0.25) is 5.02 Å². The molecule has 4 heteroatoms. The fraction of sp³-hybridized carbons (Fsp3) is 0.133. The monoisotopic (exact) mass is 273 g/mol. The van der Waals surface area contributed by atoms with Crippen LogP contribution in [0.5, 0.6) is 0 Å². The van der Waals surface area contributed by atoms with Crippen LogP contribution in [0.15, 0.2) is 30.3 Å². The van der Waals surface area contributed by atoms with Gasteiger partial charge in [-0.1, -0.05) is 17.7 Å². The van der Waals surface area contributed by atoms with Crippen molar-refractivity contribution < 1.29 is 9.90 Å². The van der Waals surface area contributed by atoms with Crippen LogP contribution in [-0.4, -0.2) is 16.1 Å². The fourth-order valence-electron chi connectivity index (χ4n) is 2.47. The Bertz CT molecular complexity index is 805. The molecule has 0 unspecified atom stereocenters. The van der Waals surface area contributed by atoms with E-state index in [1.165, 1.54) is 0 Å². The van der Waals surface area contributed by atoms with Crippen LogP contribution in [-0.2, 0) is 11.2 Å². The van der Waals surface area contributed by atoms with Gasteiger partial charge in [-0.15, -0.1) is 0 Å². The Morgan fingerprint density at radius 3 is 2.74 bits per heavy atom. The molecule has 3 nitrogen and oxygen atoms in total. The van der Waals surface area contributed by atoms with E-state index < -0.39 is 5.97 Å². The molecule has 0 atom stereocenters. The molecule has 0 amide bonds. The number of aryl methyl sites for hydroxylation is 1. The van der Waals surface area contributed by atoms with Crippen molar-refractivity contribution in [1.29, 1.82) is 0 Å². The number of aromatic amines is 1. The van der Waals surface area contributed by atoms with Crippen LogP contribution in [0, 0.1) is 6.92 Å². The van der Waals surface area contributed by atoms with Gasteiger partial charge in [-0.25, -0.2) is 0 Å². The van der Waals surface area contributed by atoms with Crippen molar-refractivity contribution >= 4 is 39.4 Å². The Morgan fingerprint density at radius 2 is 2.00 bits per heavy atom. The van der Waals surface area contributed by atoms with E-state index in [0.29, 0.717) is 0 Å². The largest absolute Gasteiger partial charge is 0.481 e. The highest BCUT2D eigenvalue weighted by atomic mass is 35.5. The summed E-state index contributed by atoms with van der Waals surface area (Å²) >= 11 is 6.16. The summed E-state index contributed by atoms with van der Waals surface area (Å²) in [5.41, 5.74) is 3.82. The van der Waals surface area contributed by atoms with E-state index in [2.05, 4.69) is 4.98 Å². The minimum atomic E-state index is -0.825. The molecule has 0 aliphatic rings. The van der Waals surface area contributed by atoms with E-state index in [0.717, 1.165) is 38.0 Å². The van der Waals surface area contributed by atoms with Gasteiger partial charge in [-0.05, 0) is 42.3 Å². The van der Waals surface area contributed by atoms with E-state index in [-0.39, 0.29) is 6.42 Å². The first-order valence-corrected chi connectivity index (χ1v) is 6.35. The third kappa shape index (κ3) is 1.96. The van der Waals surface area contributed by atoms with Crippen molar-refractivity contribution in [3.63, 3.8) is 0 Å². The number of hydrogen-bond acceptors (Lipinski definition) is 1. The maximum absolute atomic E-state index is 10.8. The highest BCUT2D eigenvalue weighted by molar-refractivity contribution is 6.33. The summed E-state index contributed by atoms with van der Waals surface area (Å²) in [6, 6.07) is 9.49. The number of aromatic nitrogens is 1. The molecule has 2 aromatic carbocycles. The van der Waals surface area contributed by atoms with Gasteiger partial charge >= 0.3 is 5.97 Å². The molecule has 0 fully saturated rings. The number of carbonyl (C=O) groups is 1. The van der Waals surface area contributed by atoms with Crippen molar-refractivity contribution in [3.8, 4) is 0 Å². The summed E-state index contributed by atoms with van der Waals surface area (Å²) in [4.78, 5) is 14.1. The number of aliphatic carboxylic acids is 1. The van der Waals surface area contributed by atoms with Crippen LogP contribution in [0.3, 0.4) is 0 Å². The lowest BCUT2D eigenvalue weighted by Crippen LogP contribution is -1.99. The first kappa shape index (κ1) is 12.1. The highest BCUT2D eigenvalue weighted by Gasteiger charge is 2.10. The number of H-pyrrole nitrogens is 1. The Kier molecular flexibility index (Phi) is 2.72. The van der Waals surface area contributed by atoms with Gasteiger partial charge in [0.2, 0.25) is 0 Å².